The highest BCUT2D eigenvalue weighted by atomic mass is 16.6. The minimum absolute atomic E-state index is 0.0320. The van der Waals surface area contributed by atoms with Crippen molar-refractivity contribution in [3.63, 3.8) is 0 Å². The molecular formula is C19H19NO5. The van der Waals surface area contributed by atoms with Crippen molar-refractivity contribution in [3.05, 3.63) is 69.3 Å². The first-order valence-corrected chi connectivity index (χ1v) is 7.71. The van der Waals surface area contributed by atoms with Gasteiger partial charge in [0.25, 0.3) is 5.69 Å². The Morgan fingerprint density at radius 3 is 2.56 bits per heavy atom. The number of phenols is 1. The largest absolute Gasteiger partial charge is 0.504 e. The third-order valence-electron chi connectivity index (χ3n) is 3.76. The molecule has 25 heavy (non-hydrogen) atoms. The van der Waals surface area contributed by atoms with Crippen LogP contribution in [-0.4, -0.2) is 22.9 Å². The summed E-state index contributed by atoms with van der Waals surface area (Å²) in [5, 5.41) is 20.8. The van der Waals surface area contributed by atoms with Crippen LogP contribution < -0.4 is 4.74 Å². The maximum Gasteiger partial charge on any atom is 0.273 e. The van der Waals surface area contributed by atoms with Crippen molar-refractivity contribution >= 4 is 17.5 Å². The molecule has 0 fully saturated rings. The van der Waals surface area contributed by atoms with Gasteiger partial charge in [0, 0.05) is 17.2 Å². The lowest BCUT2D eigenvalue weighted by Gasteiger charge is -2.07. The molecule has 1 N–H and O–H groups in total. The van der Waals surface area contributed by atoms with Gasteiger partial charge in [-0.15, -0.1) is 0 Å². The highest BCUT2D eigenvalue weighted by Gasteiger charge is 2.16. The number of ether oxygens (including phenoxy) is 1. The summed E-state index contributed by atoms with van der Waals surface area (Å²) in [6, 6.07) is 9.19. The van der Waals surface area contributed by atoms with Gasteiger partial charge in [-0.1, -0.05) is 32.1 Å². The molecule has 0 aromatic heterocycles. The predicted molar refractivity (Wildman–Crippen MR) is 95.2 cm³/mol. The summed E-state index contributed by atoms with van der Waals surface area (Å²) in [4.78, 5) is 23.0. The third kappa shape index (κ3) is 4.23. The molecule has 6 nitrogen and oxygen atoms in total. The van der Waals surface area contributed by atoms with Crippen molar-refractivity contribution in [1.29, 1.82) is 0 Å². The quantitative estimate of drug-likeness (QED) is 0.365. The van der Waals surface area contributed by atoms with E-state index in [1.807, 2.05) is 13.8 Å². The van der Waals surface area contributed by atoms with Crippen molar-refractivity contribution in [2.75, 3.05) is 7.11 Å². The smallest absolute Gasteiger partial charge is 0.273 e. The number of carbonyl (C=O) groups is 1. The predicted octanol–water partition coefficient (Wildman–Crippen LogP) is 4.33. The van der Waals surface area contributed by atoms with E-state index in [1.165, 1.54) is 43.5 Å². The second kappa shape index (κ2) is 7.61. The number of allylic oxidation sites excluding steroid dienone is 1. The summed E-state index contributed by atoms with van der Waals surface area (Å²) >= 11 is 0. The van der Waals surface area contributed by atoms with E-state index in [0.717, 1.165) is 0 Å². The number of aromatic hydroxyl groups is 1. The number of methoxy groups -OCH3 is 1. The molecule has 0 unspecified atom stereocenters. The Balaban J connectivity index is 2.28. The van der Waals surface area contributed by atoms with Crippen LogP contribution in [-0.2, 0) is 0 Å². The standard InChI is InChI=1S/C19H19NO5/c1-12(2)15-7-4-13(10-16(15)20(23)24)5-8-17(21)14-6-9-18(22)19(11-14)25-3/h4-12,22H,1-3H3/b8-5+. The Morgan fingerprint density at radius 1 is 1.24 bits per heavy atom. The van der Waals surface area contributed by atoms with Crippen molar-refractivity contribution < 1.29 is 19.6 Å². The van der Waals surface area contributed by atoms with Gasteiger partial charge < -0.3 is 9.84 Å². The van der Waals surface area contributed by atoms with E-state index < -0.39 is 4.92 Å². The average molecular weight is 341 g/mol. The van der Waals surface area contributed by atoms with Gasteiger partial charge in [0.2, 0.25) is 0 Å². The van der Waals surface area contributed by atoms with Crippen LogP contribution in [0.25, 0.3) is 6.08 Å². The van der Waals surface area contributed by atoms with Gasteiger partial charge >= 0.3 is 0 Å². The Morgan fingerprint density at radius 2 is 1.96 bits per heavy atom. The van der Waals surface area contributed by atoms with Crippen LogP contribution in [0.1, 0.15) is 41.3 Å². The molecule has 0 aliphatic carbocycles. The second-order valence-electron chi connectivity index (χ2n) is 5.81. The van der Waals surface area contributed by atoms with Gasteiger partial charge in [-0.3, -0.25) is 14.9 Å². The summed E-state index contributed by atoms with van der Waals surface area (Å²) in [5.74, 6) is -0.113. The van der Waals surface area contributed by atoms with Crippen molar-refractivity contribution in [3.8, 4) is 11.5 Å². The van der Waals surface area contributed by atoms with Gasteiger partial charge in [0.15, 0.2) is 17.3 Å². The number of phenolic OH excluding ortho intramolecular Hbond substituents is 1. The number of carbonyl (C=O) groups excluding carboxylic acids is 1. The van der Waals surface area contributed by atoms with Crippen LogP contribution >= 0.6 is 0 Å². The molecule has 0 spiro atoms. The molecule has 6 heteroatoms. The van der Waals surface area contributed by atoms with Gasteiger partial charge in [0.1, 0.15) is 0 Å². The molecule has 0 saturated carbocycles. The lowest BCUT2D eigenvalue weighted by Crippen LogP contribution is -1.98. The Labute approximate surface area is 145 Å². The highest BCUT2D eigenvalue weighted by molar-refractivity contribution is 6.07. The fourth-order valence-corrected chi connectivity index (χ4v) is 2.41. The molecule has 130 valence electrons. The number of rotatable bonds is 6. The van der Waals surface area contributed by atoms with E-state index in [0.29, 0.717) is 16.7 Å². The minimum atomic E-state index is -0.417. The Hall–Kier alpha value is -3.15. The Bertz CT molecular complexity index is 840. The van der Waals surface area contributed by atoms with Gasteiger partial charge in [-0.05, 0) is 35.8 Å². The van der Waals surface area contributed by atoms with Crippen molar-refractivity contribution in [1.82, 2.24) is 0 Å². The number of nitrogens with zero attached hydrogens (tertiary/aromatic N) is 1. The first kappa shape index (κ1) is 18.2. The number of hydrogen-bond acceptors (Lipinski definition) is 5. The fourth-order valence-electron chi connectivity index (χ4n) is 2.41. The average Bonchev–Trinajstić information content (AvgIpc) is 2.59. The zero-order chi connectivity index (χ0) is 18.6. The van der Waals surface area contributed by atoms with E-state index in [-0.39, 0.29) is 28.9 Å². The number of ketones is 1. The lowest BCUT2D eigenvalue weighted by atomic mass is 9.99. The topological polar surface area (TPSA) is 89.7 Å². The van der Waals surface area contributed by atoms with E-state index in [2.05, 4.69) is 0 Å². The normalized spacial score (nSPS) is 11.0. The van der Waals surface area contributed by atoms with Crippen molar-refractivity contribution in [2.24, 2.45) is 0 Å². The third-order valence-corrected chi connectivity index (χ3v) is 3.76. The molecule has 0 amide bonds. The van der Waals surface area contributed by atoms with Crippen LogP contribution in [0.15, 0.2) is 42.5 Å². The summed E-state index contributed by atoms with van der Waals surface area (Å²) in [5.41, 5.74) is 1.60. The van der Waals surface area contributed by atoms with Crippen LogP contribution in [0.5, 0.6) is 11.5 Å². The minimum Gasteiger partial charge on any atom is -0.504 e. The Kier molecular flexibility index (Phi) is 5.54. The lowest BCUT2D eigenvalue weighted by molar-refractivity contribution is -0.385. The SMILES string of the molecule is COc1cc(C(=O)/C=C/c2ccc(C(C)C)c([N+](=O)[O-])c2)ccc1O. The van der Waals surface area contributed by atoms with E-state index in [9.17, 15) is 20.0 Å². The van der Waals surface area contributed by atoms with Crippen molar-refractivity contribution in [2.45, 2.75) is 19.8 Å². The molecule has 0 heterocycles. The molecule has 2 rings (SSSR count). The maximum atomic E-state index is 12.2. The molecule has 0 saturated heterocycles. The van der Waals surface area contributed by atoms with E-state index in [1.54, 1.807) is 12.1 Å². The summed E-state index contributed by atoms with van der Waals surface area (Å²) in [7, 11) is 1.40. The number of nitro groups is 1. The number of hydrogen-bond donors (Lipinski definition) is 1. The molecule has 0 bridgehead atoms. The zero-order valence-corrected chi connectivity index (χ0v) is 14.2. The molecule has 0 aliphatic rings. The van der Waals surface area contributed by atoms with Gasteiger partial charge in [0.05, 0.1) is 12.0 Å². The highest BCUT2D eigenvalue weighted by Crippen LogP contribution is 2.28. The zero-order valence-electron chi connectivity index (χ0n) is 14.2. The fraction of sp³-hybridized carbons (Fsp3) is 0.211. The first-order chi connectivity index (χ1) is 11.8. The van der Waals surface area contributed by atoms with Crippen LogP contribution in [0.4, 0.5) is 5.69 Å². The molecule has 2 aromatic rings. The van der Waals surface area contributed by atoms with Gasteiger partial charge in [-0.25, -0.2) is 0 Å². The van der Waals surface area contributed by atoms with Crippen LogP contribution in [0.3, 0.4) is 0 Å². The van der Waals surface area contributed by atoms with Crippen LogP contribution in [0.2, 0.25) is 0 Å². The van der Waals surface area contributed by atoms with Gasteiger partial charge in [-0.2, -0.15) is 0 Å². The molecule has 0 radical (unpaired) electrons. The molecule has 2 aromatic carbocycles. The maximum absolute atomic E-state index is 12.2. The molecule has 0 atom stereocenters. The van der Waals surface area contributed by atoms with E-state index in [4.69, 9.17) is 4.74 Å². The second-order valence-corrected chi connectivity index (χ2v) is 5.81. The van der Waals surface area contributed by atoms with Crippen LogP contribution in [0, 0.1) is 10.1 Å². The number of benzene rings is 2. The number of nitro benzene ring substituents is 1. The summed E-state index contributed by atoms with van der Waals surface area (Å²) < 4.78 is 4.97. The monoisotopic (exact) mass is 341 g/mol. The summed E-state index contributed by atoms with van der Waals surface area (Å²) in [6.07, 6.45) is 2.86. The first-order valence-electron chi connectivity index (χ1n) is 7.71. The summed E-state index contributed by atoms with van der Waals surface area (Å²) in [6.45, 7) is 3.78. The van der Waals surface area contributed by atoms with E-state index >= 15 is 0 Å². The molecular weight excluding hydrogens is 322 g/mol. The molecule has 0 aliphatic heterocycles.